The Kier molecular flexibility index (Phi) is 4.17. The van der Waals surface area contributed by atoms with E-state index in [9.17, 15) is 9.18 Å². The van der Waals surface area contributed by atoms with Crippen molar-refractivity contribution in [2.24, 2.45) is 7.05 Å². The number of carbonyl (C=O) groups excluding carboxylic acids is 1. The van der Waals surface area contributed by atoms with Crippen molar-refractivity contribution in [3.05, 3.63) is 52.6 Å². The van der Waals surface area contributed by atoms with Gasteiger partial charge in [-0.15, -0.1) is 0 Å². The van der Waals surface area contributed by atoms with Gasteiger partial charge >= 0.3 is 0 Å². The van der Waals surface area contributed by atoms with Crippen molar-refractivity contribution >= 4 is 5.91 Å². The van der Waals surface area contributed by atoms with E-state index in [1.165, 1.54) is 6.07 Å². The van der Waals surface area contributed by atoms with Gasteiger partial charge in [0.05, 0.1) is 11.3 Å². The first kappa shape index (κ1) is 14.2. The van der Waals surface area contributed by atoms with Crippen LogP contribution in [0.4, 0.5) is 4.39 Å². The maximum absolute atomic E-state index is 13.9. The first-order valence-corrected chi connectivity index (χ1v) is 6.57. The first-order valence-electron chi connectivity index (χ1n) is 6.57. The highest BCUT2D eigenvalue weighted by molar-refractivity contribution is 5.94. The van der Waals surface area contributed by atoms with Gasteiger partial charge in [-0.1, -0.05) is 19.1 Å². The van der Waals surface area contributed by atoms with Crippen molar-refractivity contribution in [2.45, 2.75) is 26.8 Å². The van der Waals surface area contributed by atoms with E-state index < -0.39 is 11.7 Å². The minimum absolute atomic E-state index is 0.0759. The van der Waals surface area contributed by atoms with Gasteiger partial charge in [-0.05, 0) is 25.0 Å². The van der Waals surface area contributed by atoms with Gasteiger partial charge in [-0.2, -0.15) is 5.10 Å². The molecule has 0 aliphatic heterocycles. The van der Waals surface area contributed by atoms with Gasteiger partial charge in [-0.25, -0.2) is 4.39 Å². The standard InChI is InChI=1S/C15H18FN3O/c1-4-13-11(9-19(3)18-13)8-17-15(20)12-7-5-6-10(2)14(12)16/h5-7,9H,4,8H2,1-3H3,(H,17,20). The van der Waals surface area contributed by atoms with Gasteiger partial charge in [0.2, 0.25) is 0 Å². The molecule has 1 amide bonds. The fourth-order valence-electron chi connectivity index (χ4n) is 2.12. The molecule has 0 spiro atoms. The molecule has 2 aromatic rings. The molecule has 5 heteroatoms. The molecule has 0 aliphatic rings. The topological polar surface area (TPSA) is 46.9 Å². The zero-order valence-corrected chi connectivity index (χ0v) is 11.9. The van der Waals surface area contributed by atoms with E-state index in [0.29, 0.717) is 12.1 Å². The van der Waals surface area contributed by atoms with Crippen LogP contribution in [0.25, 0.3) is 0 Å². The molecule has 1 aromatic carbocycles. The number of halogens is 1. The average molecular weight is 275 g/mol. The van der Waals surface area contributed by atoms with Crippen LogP contribution in [-0.2, 0) is 20.0 Å². The summed E-state index contributed by atoms with van der Waals surface area (Å²) < 4.78 is 15.6. The third-order valence-corrected chi connectivity index (χ3v) is 3.20. The van der Waals surface area contributed by atoms with Crippen LogP contribution in [-0.4, -0.2) is 15.7 Å². The number of rotatable bonds is 4. The Labute approximate surface area is 117 Å². The van der Waals surface area contributed by atoms with E-state index >= 15 is 0 Å². The van der Waals surface area contributed by atoms with Crippen molar-refractivity contribution in [2.75, 3.05) is 0 Å². The van der Waals surface area contributed by atoms with Crippen LogP contribution < -0.4 is 5.32 Å². The van der Waals surface area contributed by atoms with Gasteiger partial charge in [0.25, 0.3) is 5.91 Å². The number of amides is 1. The molecule has 1 heterocycles. The summed E-state index contributed by atoms with van der Waals surface area (Å²) >= 11 is 0. The van der Waals surface area contributed by atoms with Crippen LogP contribution in [0.5, 0.6) is 0 Å². The summed E-state index contributed by atoms with van der Waals surface area (Å²) in [6.45, 7) is 4.00. The highest BCUT2D eigenvalue weighted by atomic mass is 19.1. The minimum atomic E-state index is -0.466. The van der Waals surface area contributed by atoms with Gasteiger partial charge in [0.1, 0.15) is 5.82 Å². The van der Waals surface area contributed by atoms with Crippen LogP contribution in [0.3, 0.4) is 0 Å². The van der Waals surface area contributed by atoms with Crippen molar-refractivity contribution < 1.29 is 9.18 Å². The Morgan fingerprint density at radius 1 is 1.45 bits per heavy atom. The van der Waals surface area contributed by atoms with E-state index in [0.717, 1.165) is 17.7 Å². The molecule has 20 heavy (non-hydrogen) atoms. The smallest absolute Gasteiger partial charge is 0.254 e. The molecule has 0 fully saturated rings. The molecule has 0 bridgehead atoms. The predicted octanol–water partition coefficient (Wildman–Crippen LogP) is 2.36. The summed E-state index contributed by atoms with van der Waals surface area (Å²) in [6.07, 6.45) is 2.66. The van der Waals surface area contributed by atoms with E-state index in [1.807, 2.05) is 20.2 Å². The highest BCUT2D eigenvalue weighted by Crippen LogP contribution is 2.12. The number of aryl methyl sites for hydroxylation is 3. The maximum Gasteiger partial charge on any atom is 0.254 e. The quantitative estimate of drug-likeness (QED) is 0.931. The average Bonchev–Trinajstić information content (AvgIpc) is 2.79. The minimum Gasteiger partial charge on any atom is -0.348 e. The fourth-order valence-corrected chi connectivity index (χ4v) is 2.12. The molecule has 106 valence electrons. The summed E-state index contributed by atoms with van der Waals surface area (Å²) in [5.41, 5.74) is 2.44. The Morgan fingerprint density at radius 3 is 2.90 bits per heavy atom. The van der Waals surface area contributed by atoms with Crippen molar-refractivity contribution in [1.29, 1.82) is 0 Å². The largest absolute Gasteiger partial charge is 0.348 e. The fraction of sp³-hybridized carbons (Fsp3) is 0.333. The second kappa shape index (κ2) is 5.86. The summed E-state index contributed by atoms with van der Waals surface area (Å²) in [5, 5.41) is 7.04. The summed E-state index contributed by atoms with van der Waals surface area (Å²) in [6, 6.07) is 4.80. The zero-order valence-electron chi connectivity index (χ0n) is 11.9. The van der Waals surface area contributed by atoms with E-state index in [2.05, 4.69) is 10.4 Å². The summed E-state index contributed by atoms with van der Waals surface area (Å²) in [4.78, 5) is 12.0. The Hall–Kier alpha value is -2.17. The normalized spacial score (nSPS) is 10.6. The molecular weight excluding hydrogens is 257 g/mol. The third-order valence-electron chi connectivity index (χ3n) is 3.20. The lowest BCUT2D eigenvalue weighted by Gasteiger charge is -2.07. The lowest BCUT2D eigenvalue weighted by atomic mass is 10.1. The Bertz CT molecular complexity index is 634. The molecule has 1 aromatic heterocycles. The Morgan fingerprint density at radius 2 is 2.20 bits per heavy atom. The third kappa shape index (κ3) is 2.87. The van der Waals surface area contributed by atoms with Gasteiger partial charge in [0, 0.05) is 25.4 Å². The maximum atomic E-state index is 13.9. The number of carbonyl (C=O) groups is 1. The van der Waals surface area contributed by atoms with Gasteiger partial charge in [-0.3, -0.25) is 9.48 Å². The van der Waals surface area contributed by atoms with Gasteiger partial charge in [0.15, 0.2) is 0 Å². The lowest BCUT2D eigenvalue weighted by molar-refractivity contribution is 0.0946. The zero-order chi connectivity index (χ0) is 14.7. The van der Waals surface area contributed by atoms with E-state index in [-0.39, 0.29) is 5.56 Å². The van der Waals surface area contributed by atoms with Crippen LogP contribution in [0.2, 0.25) is 0 Å². The number of benzene rings is 1. The number of hydrogen-bond acceptors (Lipinski definition) is 2. The first-order chi connectivity index (χ1) is 9.52. The molecule has 0 saturated heterocycles. The lowest BCUT2D eigenvalue weighted by Crippen LogP contribution is -2.24. The number of nitrogens with one attached hydrogen (secondary N) is 1. The van der Waals surface area contributed by atoms with Crippen molar-refractivity contribution in [1.82, 2.24) is 15.1 Å². The van der Waals surface area contributed by atoms with Crippen molar-refractivity contribution in [3.63, 3.8) is 0 Å². The molecule has 1 N–H and O–H groups in total. The molecule has 2 rings (SSSR count). The summed E-state index contributed by atoms with van der Waals surface area (Å²) in [7, 11) is 1.84. The van der Waals surface area contributed by atoms with Crippen molar-refractivity contribution in [3.8, 4) is 0 Å². The second-order valence-corrected chi connectivity index (χ2v) is 4.75. The van der Waals surface area contributed by atoms with Crippen LogP contribution >= 0.6 is 0 Å². The van der Waals surface area contributed by atoms with Crippen LogP contribution in [0, 0.1) is 12.7 Å². The molecule has 0 saturated carbocycles. The second-order valence-electron chi connectivity index (χ2n) is 4.75. The highest BCUT2D eigenvalue weighted by Gasteiger charge is 2.14. The van der Waals surface area contributed by atoms with Crippen LogP contribution in [0.1, 0.15) is 34.1 Å². The van der Waals surface area contributed by atoms with Gasteiger partial charge < -0.3 is 5.32 Å². The molecular formula is C15H18FN3O. The molecule has 0 unspecified atom stereocenters. The molecule has 0 radical (unpaired) electrons. The SMILES string of the molecule is CCc1nn(C)cc1CNC(=O)c1cccc(C)c1F. The number of aromatic nitrogens is 2. The van der Waals surface area contributed by atoms with Crippen LogP contribution in [0.15, 0.2) is 24.4 Å². The number of hydrogen-bond donors (Lipinski definition) is 1. The molecule has 4 nitrogen and oxygen atoms in total. The summed E-state index contributed by atoms with van der Waals surface area (Å²) in [5.74, 6) is -0.871. The predicted molar refractivity (Wildman–Crippen MR) is 74.9 cm³/mol. The number of nitrogens with zero attached hydrogens (tertiary/aromatic N) is 2. The van der Waals surface area contributed by atoms with E-state index in [1.54, 1.807) is 23.7 Å². The van der Waals surface area contributed by atoms with E-state index in [4.69, 9.17) is 0 Å². The molecule has 0 aliphatic carbocycles. The Balaban J connectivity index is 2.10. The monoisotopic (exact) mass is 275 g/mol. The molecule has 0 atom stereocenters.